The van der Waals surface area contributed by atoms with Gasteiger partial charge in [-0.05, 0) is 25.0 Å². The van der Waals surface area contributed by atoms with Crippen molar-refractivity contribution in [1.29, 1.82) is 0 Å². The number of benzene rings is 2. The summed E-state index contributed by atoms with van der Waals surface area (Å²) in [7, 11) is 0. The Morgan fingerprint density at radius 2 is 1.89 bits per heavy atom. The van der Waals surface area contributed by atoms with Crippen LogP contribution in [0, 0.1) is 6.92 Å². The number of nitrogens with one attached hydrogen (secondary N) is 1. The van der Waals surface area contributed by atoms with E-state index in [0.717, 1.165) is 16.7 Å². The summed E-state index contributed by atoms with van der Waals surface area (Å²) in [6.07, 6.45) is 1.49. The molecule has 2 heterocycles. The molecular formula is C21H20N4O2. The number of fused-ring (bicyclic) bond motifs is 1. The maximum atomic E-state index is 13.0. The maximum absolute atomic E-state index is 13.0. The van der Waals surface area contributed by atoms with Crippen molar-refractivity contribution in [1.82, 2.24) is 14.8 Å². The number of rotatable bonds is 4. The fourth-order valence-electron chi connectivity index (χ4n) is 3.28. The Kier molecular flexibility index (Phi) is 4.46. The van der Waals surface area contributed by atoms with E-state index in [1.54, 1.807) is 11.6 Å². The summed E-state index contributed by atoms with van der Waals surface area (Å²) in [5, 5.41) is 7.62. The molecule has 3 aromatic rings. The molecule has 1 unspecified atom stereocenters. The standard InChI is InChI=1S/C21H20N4O2/c1-3-27-20(26)17-18(15-7-5-4-6-8-15)24-21-22-13-23-25(21)19(17)16-11-9-14(2)10-12-16/h4-13,19H,3H2,1-2H3,(H,22,23,24). The first kappa shape index (κ1) is 17.0. The van der Waals surface area contributed by atoms with Gasteiger partial charge >= 0.3 is 5.97 Å². The molecule has 1 aliphatic heterocycles. The number of aryl methyl sites for hydroxylation is 1. The minimum atomic E-state index is -0.418. The number of aromatic nitrogens is 3. The van der Waals surface area contributed by atoms with Gasteiger partial charge in [0.05, 0.1) is 17.9 Å². The Labute approximate surface area is 157 Å². The van der Waals surface area contributed by atoms with Gasteiger partial charge in [-0.25, -0.2) is 9.48 Å². The van der Waals surface area contributed by atoms with Crippen LogP contribution in [0.25, 0.3) is 5.70 Å². The molecule has 0 radical (unpaired) electrons. The van der Waals surface area contributed by atoms with Crippen molar-refractivity contribution < 1.29 is 9.53 Å². The molecule has 27 heavy (non-hydrogen) atoms. The molecule has 1 N–H and O–H groups in total. The highest BCUT2D eigenvalue weighted by Gasteiger charge is 2.36. The Bertz CT molecular complexity index is 991. The van der Waals surface area contributed by atoms with Gasteiger partial charge in [0, 0.05) is 0 Å². The summed E-state index contributed by atoms with van der Waals surface area (Å²) >= 11 is 0. The second-order valence-corrected chi connectivity index (χ2v) is 6.34. The predicted octanol–water partition coefficient (Wildman–Crippen LogP) is 3.58. The van der Waals surface area contributed by atoms with Crippen LogP contribution in [0.1, 0.15) is 29.7 Å². The first-order valence-corrected chi connectivity index (χ1v) is 8.89. The first-order chi connectivity index (χ1) is 13.2. The molecule has 4 rings (SSSR count). The molecule has 0 spiro atoms. The van der Waals surface area contributed by atoms with Crippen molar-refractivity contribution in [3.8, 4) is 0 Å². The summed E-state index contributed by atoms with van der Waals surface area (Å²) in [6, 6.07) is 17.4. The third kappa shape index (κ3) is 3.10. The molecule has 2 aromatic carbocycles. The molecular weight excluding hydrogens is 340 g/mol. The molecule has 0 bridgehead atoms. The monoisotopic (exact) mass is 360 g/mol. The molecule has 136 valence electrons. The molecule has 0 saturated heterocycles. The van der Waals surface area contributed by atoms with Gasteiger partial charge in [0.15, 0.2) is 0 Å². The summed E-state index contributed by atoms with van der Waals surface area (Å²) in [5.74, 6) is 0.225. The van der Waals surface area contributed by atoms with E-state index in [1.165, 1.54) is 6.33 Å². The lowest BCUT2D eigenvalue weighted by atomic mass is 9.92. The van der Waals surface area contributed by atoms with Crippen LogP contribution in [-0.4, -0.2) is 27.3 Å². The van der Waals surface area contributed by atoms with E-state index in [-0.39, 0.29) is 5.97 Å². The van der Waals surface area contributed by atoms with E-state index >= 15 is 0 Å². The SMILES string of the molecule is CCOC(=O)C1=C(c2ccccc2)Nc2ncnn2C1c1ccc(C)cc1. The predicted molar refractivity (Wildman–Crippen MR) is 103 cm³/mol. The fraction of sp³-hybridized carbons (Fsp3) is 0.190. The number of ether oxygens (including phenoxy) is 1. The Hall–Kier alpha value is -3.41. The summed E-state index contributed by atoms with van der Waals surface area (Å²) in [6.45, 7) is 4.14. The minimum absolute atomic E-state index is 0.301. The molecule has 6 heteroatoms. The number of esters is 1. The van der Waals surface area contributed by atoms with Crippen molar-refractivity contribution in [3.05, 3.63) is 83.2 Å². The van der Waals surface area contributed by atoms with Gasteiger partial charge in [-0.3, -0.25) is 0 Å². The van der Waals surface area contributed by atoms with Gasteiger partial charge in [-0.15, -0.1) is 0 Å². The maximum Gasteiger partial charge on any atom is 0.338 e. The van der Waals surface area contributed by atoms with Crippen molar-refractivity contribution in [2.75, 3.05) is 11.9 Å². The van der Waals surface area contributed by atoms with Crippen LogP contribution in [0.5, 0.6) is 0 Å². The highest BCUT2D eigenvalue weighted by molar-refractivity contribution is 6.02. The molecule has 0 saturated carbocycles. The zero-order chi connectivity index (χ0) is 18.8. The van der Waals surface area contributed by atoms with E-state index in [0.29, 0.717) is 23.8 Å². The van der Waals surface area contributed by atoms with Crippen LogP contribution in [0.2, 0.25) is 0 Å². The quantitative estimate of drug-likeness (QED) is 0.720. The van der Waals surface area contributed by atoms with Crippen molar-refractivity contribution in [2.24, 2.45) is 0 Å². The first-order valence-electron chi connectivity index (χ1n) is 8.89. The normalized spacial score (nSPS) is 15.9. The van der Waals surface area contributed by atoms with Crippen molar-refractivity contribution >= 4 is 17.6 Å². The summed E-state index contributed by atoms with van der Waals surface area (Å²) in [4.78, 5) is 17.3. The lowest BCUT2D eigenvalue weighted by molar-refractivity contribution is -0.138. The molecule has 0 fully saturated rings. The third-order valence-electron chi connectivity index (χ3n) is 4.55. The average Bonchev–Trinajstić information content (AvgIpc) is 3.16. The summed E-state index contributed by atoms with van der Waals surface area (Å²) in [5.41, 5.74) is 4.21. The van der Waals surface area contributed by atoms with Crippen LogP contribution in [0.4, 0.5) is 5.95 Å². The average molecular weight is 360 g/mol. The van der Waals surface area contributed by atoms with Crippen LogP contribution in [-0.2, 0) is 9.53 Å². The van der Waals surface area contributed by atoms with Gasteiger partial charge in [0.25, 0.3) is 0 Å². The topological polar surface area (TPSA) is 69.0 Å². The lowest BCUT2D eigenvalue weighted by Gasteiger charge is -2.29. The zero-order valence-electron chi connectivity index (χ0n) is 15.2. The van der Waals surface area contributed by atoms with Gasteiger partial charge in [-0.1, -0.05) is 60.2 Å². The summed E-state index contributed by atoms with van der Waals surface area (Å²) < 4.78 is 7.13. The van der Waals surface area contributed by atoms with Crippen LogP contribution in [0.15, 0.2) is 66.5 Å². The van der Waals surface area contributed by atoms with Gasteiger partial charge < -0.3 is 10.1 Å². The molecule has 6 nitrogen and oxygen atoms in total. The molecule has 1 aliphatic rings. The Morgan fingerprint density at radius 3 is 2.59 bits per heavy atom. The minimum Gasteiger partial charge on any atom is -0.463 e. The number of anilines is 1. The van der Waals surface area contributed by atoms with E-state index in [2.05, 4.69) is 15.4 Å². The highest BCUT2D eigenvalue weighted by atomic mass is 16.5. The van der Waals surface area contributed by atoms with Gasteiger partial charge in [0.2, 0.25) is 5.95 Å². The van der Waals surface area contributed by atoms with E-state index in [1.807, 2.05) is 61.5 Å². The Morgan fingerprint density at radius 1 is 1.15 bits per heavy atom. The van der Waals surface area contributed by atoms with Crippen LogP contribution >= 0.6 is 0 Å². The number of hydrogen-bond acceptors (Lipinski definition) is 5. The van der Waals surface area contributed by atoms with Crippen LogP contribution < -0.4 is 5.32 Å². The van der Waals surface area contributed by atoms with E-state index < -0.39 is 6.04 Å². The second kappa shape index (κ2) is 7.07. The smallest absolute Gasteiger partial charge is 0.338 e. The molecule has 1 atom stereocenters. The van der Waals surface area contributed by atoms with Crippen LogP contribution in [0.3, 0.4) is 0 Å². The number of nitrogens with zero attached hydrogens (tertiary/aromatic N) is 3. The van der Waals surface area contributed by atoms with E-state index in [4.69, 9.17) is 4.74 Å². The fourth-order valence-corrected chi connectivity index (χ4v) is 3.28. The number of carbonyl (C=O) groups is 1. The second-order valence-electron chi connectivity index (χ2n) is 6.34. The third-order valence-corrected chi connectivity index (χ3v) is 4.55. The molecule has 0 aliphatic carbocycles. The highest BCUT2D eigenvalue weighted by Crippen LogP contribution is 2.38. The zero-order valence-corrected chi connectivity index (χ0v) is 15.2. The number of hydrogen-bond donors (Lipinski definition) is 1. The van der Waals surface area contributed by atoms with Gasteiger partial charge in [-0.2, -0.15) is 10.1 Å². The Balaban J connectivity index is 1.95. The lowest BCUT2D eigenvalue weighted by Crippen LogP contribution is -2.30. The van der Waals surface area contributed by atoms with E-state index in [9.17, 15) is 4.79 Å². The van der Waals surface area contributed by atoms with Gasteiger partial charge in [0.1, 0.15) is 12.4 Å². The largest absolute Gasteiger partial charge is 0.463 e. The van der Waals surface area contributed by atoms with Crippen molar-refractivity contribution in [2.45, 2.75) is 19.9 Å². The molecule has 0 amide bonds. The number of carbonyl (C=O) groups excluding carboxylic acids is 1. The molecule has 1 aromatic heterocycles. The van der Waals surface area contributed by atoms with Crippen molar-refractivity contribution in [3.63, 3.8) is 0 Å².